The van der Waals surface area contributed by atoms with Gasteiger partial charge in [0.25, 0.3) is 0 Å². The highest BCUT2D eigenvalue weighted by molar-refractivity contribution is 5.58. The Bertz CT molecular complexity index is 442. The Morgan fingerprint density at radius 2 is 2.16 bits per heavy atom. The molecule has 104 valence electrons. The maximum Gasteiger partial charge on any atom is 0.311 e. The van der Waals surface area contributed by atoms with Crippen molar-refractivity contribution in [1.29, 1.82) is 0 Å². The minimum absolute atomic E-state index is 0.0215. The summed E-state index contributed by atoms with van der Waals surface area (Å²) in [5.41, 5.74) is 0.911. The van der Waals surface area contributed by atoms with Crippen LogP contribution < -0.4 is 10.1 Å². The lowest BCUT2D eigenvalue weighted by atomic mass is 10.1. The molecule has 0 aromatic heterocycles. The van der Waals surface area contributed by atoms with E-state index in [4.69, 9.17) is 4.74 Å². The quantitative estimate of drug-likeness (QED) is 0.630. The van der Waals surface area contributed by atoms with Crippen molar-refractivity contribution in [2.45, 2.75) is 32.6 Å². The molecule has 0 saturated heterocycles. The number of anilines is 1. The normalized spacial score (nSPS) is 15.4. The van der Waals surface area contributed by atoms with Crippen LogP contribution in [0.2, 0.25) is 0 Å². The third-order valence-corrected chi connectivity index (χ3v) is 3.53. The fraction of sp³-hybridized carbons (Fsp3) is 0.571. The molecule has 1 fully saturated rings. The molecule has 0 atom stereocenters. The molecule has 2 rings (SSSR count). The monoisotopic (exact) mass is 264 g/mol. The molecule has 1 aliphatic rings. The number of rotatable bonds is 6. The average molecular weight is 264 g/mol. The van der Waals surface area contributed by atoms with Gasteiger partial charge >= 0.3 is 5.69 Å². The van der Waals surface area contributed by atoms with Crippen molar-refractivity contribution in [2.24, 2.45) is 5.92 Å². The van der Waals surface area contributed by atoms with Crippen LogP contribution in [0.5, 0.6) is 5.75 Å². The van der Waals surface area contributed by atoms with Gasteiger partial charge in [0.1, 0.15) is 0 Å². The summed E-state index contributed by atoms with van der Waals surface area (Å²) < 4.78 is 5.33. The molecule has 0 unspecified atom stereocenters. The number of nitro groups is 1. The van der Waals surface area contributed by atoms with E-state index in [-0.39, 0.29) is 5.69 Å². The summed E-state index contributed by atoms with van der Waals surface area (Å²) in [5.74, 6) is 1.06. The summed E-state index contributed by atoms with van der Waals surface area (Å²) in [7, 11) is 0. The lowest BCUT2D eigenvalue weighted by Gasteiger charge is -2.13. The van der Waals surface area contributed by atoms with Crippen LogP contribution in [0.25, 0.3) is 0 Å². The first-order valence-electron chi connectivity index (χ1n) is 6.85. The second-order valence-electron chi connectivity index (χ2n) is 4.90. The van der Waals surface area contributed by atoms with Crippen LogP contribution in [0, 0.1) is 16.0 Å². The van der Waals surface area contributed by atoms with E-state index in [0.717, 1.165) is 18.2 Å². The second kappa shape index (κ2) is 6.41. The molecule has 5 nitrogen and oxygen atoms in total. The molecule has 1 N–H and O–H groups in total. The van der Waals surface area contributed by atoms with Gasteiger partial charge < -0.3 is 10.1 Å². The van der Waals surface area contributed by atoms with Crippen molar-refractivity contribution in [3.05, 3.63) is 28.3 Å². The van der Waals surface area contributed by atoms with Crippen LogP contribution in [0.4, 0.5) is 11.4 Å². The van der Waals surface area contributed by atoms with Crippen molar-refractivity contribution < 1.29 is 9.66 Å². The van der Waals surface area contributed by atoms with E-state index in [2.05, 4.69) is 5.32 Å². The number of nitrogens with one attached hydrogen (secondary N) is 1. The Labute approximate surface area is 113 Å². The zero-order valence-electron chi connectivity index (χ0n) is 11.2. The molecule has 0 spiro atoms. The van der Waals surface area contributed by atoms with Gasteiger partial charge in [0.2, 0.25) is 0 Å². The topological polar surface area (TPSA) is 64.4 Å². The number of nitrogens with zero attached hydrogens (tertiary/aromatic N) is 1. The largest absolute Gasteiger partial charge is 0.487 e. The predicted octanol–water partition coefficient (Wildman–Crippen LogP) is 3.60. The smallest absolute Gasteiger partial charge is 0.311 e. The van der Waals surface area contributed by atoms with Gasteiger partial charge in [0, 0.05) is 24.4 Å². The van der Waals surface area contributed by atoms with E-state index >= 15 is 0 Å². The molecule has 1 aromatic rings. The number of hydrogen-bond donors (Lipinski definition) is 1. The lowest BCUT2D eigenvalue weighted by Crippen LogP contribution is -2.11. The first-order chi connectivity index (χ1) is 9.20. The minimum Gasteiger partial charge on any atom is -0.487 e. The molecular weight excluding hydrogens is 244 g/mol. The molecule has 0 heterocycles. The molecular formula is C14H20N2O3. The number of hydrogen-bond acceptors (Lipinski definition) is 4. The van der Waals surface area contributed by atoms with Crippen molar-refractivity contribution in [1.82, 2.24) is 0 Å². The molecule has 0 amide bonds. The second-order valence-corrected chi connectivity index (χ2v) is 4.90. The van der Waals surface area contributed by atoms with Crippen LogP contribution in [0.15, 0.2) is 18.2 Å². The number of ether oxygens (including phenoxy) is 1. The van der Waals surface area contributed by atoms with E-state index in [1.165, 1.54) is 31.7 Å². The minimum atomic E-state index is -0.411. The Morgan fingerprint density at radius 3 is 2.79 bits per heavy atom. The van der Waals surface area contributed by atoms with Gasteiger partial charge in [-0.1, -0.05) is 12.8 Å². The van der Waals surface area contributed by atoms with Crippen LogP contribution in [-0.2, 0) is 0 Å². The van der Waals surface area contributed by atoms with E-state index < -0.39 is 4.92 Å². The average Bonchev–Trinajstić information content (AvgIpc) is 2.90. The summed E-state index contributed by atoms with van der Waals surface area (Å²) in [6, 6.07) is 4.97. The van der Waals surface area contributed by atoms with Gasteiger partial charge in [-0.15, -0.1) is 0 Å². The van der Waals surface area contributed by atoms with Crippen LogP contribution in [-0.4, -0.2) is 18.1 Å². The maximum absolute atomic E-state index is 10.9. The SMILES string of the molecule is CCOc1cc(NCC2CCCC2)ccc1[N+](=O)[O-]. The molecule has 0 bridgehead atoms. The van der Waals surface area contributed by atoms with Crippen molar-refractivity contribution in [3.8, 4) is 5.75 Å². The molecule has 1 aliphatic carbocycles. The summed E-state index contributed by atoms with van der Waals surface area (Å²) in [6.07, 6.45) is 5.18. The van der Waals surface area contributed by atoms with Crippen LogP contribution in [0.3, 0.4) is 0 Å². The van der Waals surface area contributed by atoms with E-state index in [1.54, 1.807) is 12.1 Å². The Hall–Kier alpha value is -1.78. The molecule has 19 heavy (non-hydrogen) atoms. The lowest BCUT2D eigenvalue weighted by molar-refractivity contribution is -0.385. The summed E-state index contributed by atoms with van der Waals surface area (Å²) in [6.45, 7) is 3.18. The summed E-state index contributed by atoms with van der Waals surface area (Å²) in [5, 5.41) is 14.2. The molecule has 0 radical (unpaired) electrons. The molecule has 1 aromatic carbocycles. The van der Waals surface area contributed by atoms with Crippen molar-refractivity contribution in [2.75, 3.05) is 18.5 Å². The highest BCUT2D eigenvalue weighted by Gasteiger charge is 2.17. The van der Waals surface area contributed by atoms with Gasteiger partial charge in [-0.25, -0.2) is 0 Å². The van der Waals surface area contributed by atoms with E-state index in [0.29, 0.717) is 12.4 Å². The van der Waals surface area contributed by atoms with E-state index in [1.807, 2.05) is 6.92 Å². The van der Waals surface area contributed by atoms with Gasteiger partial charge in [-0.2, -0.15) is 0 Å². The van der Waals surface area contributed by atoms with Gasteiger partial charge in [-0.05, 0) is 31.7 Å². The fourth-order valence-corrected chi connectivity index (χ4v) is 2.52. The van der Waals surface area contributed by atoms with Crippen molar-refractivity contribution in [3.63, 3.8) is 0 Å². The van der Waals surface area contributed by atoms with E-state index in [9.17, 15) is 10.1 Å². The zero-order valence-corrected chi connectivity index (χ0v) is 11.2. The van der Waals surface area contributed by atoms with Gasteiger partial charge in [-0.3, -0.25) is 10.1 Å². The first kappa shape index (κ1) is 13.6. The Morgan fingerprint density at radius 1 is 1.42 bits per heavy atom. The fourth-order valence-electron chi connectivity index (χ4n) is 2.52. The Kier molecular flexibility index (Phi) is 4.60. The number of benzene rings is 1. The van der Waals surface area contributed by atoms with Crippen LogP contribution >= 0.6 is 0 Å². The zero-order chi connectivity index (χ0) is 13.7. The highest BCUT2D eigenvalue weighted by atomic mass is 16.6. The maximum atomic E-state index is 10.9. The van der Waals surface area contributed by atoms with Crippen LogP contribution in [0.1, 0.15) is 32.6 Å². The molecule has 1 saturated carbocycles. The first-order valence-corrected chi connectivity index (χ1v) is 6.85. The highest BCUT2D eigenvalue weighted by Crippen LogP contribution is 2.31. The van der Waals surface area contributed by atoms with Gasteiger partial charge in [0.05, 0.1) is 11.5 Å². The third-order valence-electron chi connectivity index (χ3n) is 3.53. The van der Waals surface area contributed by atoms with Gasteiger partial charge in [0.15, 0.2) is 5.75 Å². The van der Waals surface area contributed by atoms with Crippen molar-refractivity contribution >= 4 is 11.4 Å². The Balaban J connectivity index is 2.04. The predicted molar refractivity (Wildman–Crippen MR) is 74.7 cm³/mol. The summed E-state index contributed by atoms with van der Waals surface area (Å²) in [4.78, 5) is 10.5. The standard InChI is InChI=1S/C14H20N2O3/c1-2-19-14-9-12(7-8-13(14)16(17)18)15-10-11-5-3-4-6-11/h7-9,11,15H,2-6,10H2,1H3. The molecule has 0 aliphatic heterocycles. The molecule has 5 heteroatoms. The summed E-state index contributed by atoms with van der Waals surface area (Å²) >= 11 is 0. The number of nitro benzene ring substituents is 1. The third kappa shape index (κ3) is 3.59.